The van der Waals surface area contributed by atoms with E-state index >= 15 is 0 Å². The average Bonchev–Trinajstić information content (AvgIpc) is 3.11. The van der Waals surface area contributed by atoms with Gasteiger partial charge in [0, 0.05) is 19.4 Å². The standard InChI is InChI=1S/C41H72NO8P/c1-3-5-7-9-11-13-15-17-19-21-23-25-27-29-31-33-40(43)47-37-39(38-49-51(45,46)48-36-35-42)50-41(44)34-32-30-28-26-24-22-20-18-16-14-12-10-8-6-4-2/h3,6,8,10,12,14,16,18,20,39H,1,4-5,7,9,11,13,15,17,19,21-38,42H2,2H3,(H,45,46)/b8-6+,12-10+,16-14+,20-18+/t39-/m1/s1. The van der Waals surface area contributed by atoms with Gasteiger partial charge in [-0.05, 0) is 44.9 Å². The van der Waals surface area contributed by atoms with Crippen molar-refractivity contribution in [1.29, 1.82) is 0 Å². The van der Waals surface area contributed by atoms with E-state index in [1.807, 2.05) is 36.5 Å². The number of nitrogens with two attached hydrogens (primary N) is 1. The number of carbonyl (C=O) groups is 2. The highest BCUT2D eigenvalue weighted by molar-refractivity contribution is 7.47. The molecule has 0 saturated heterocycles. The van der Waals surface area contributed by atoms with E-state index in [2.05, 4.69) is 31.7 Å². The van der Waals surface area contributed by atoms with E-state index in [0.717, 1.165) is 64.2 Å². The molecule has 51 heavy (non-hydrogen) atoms. The third kappa shape index (κ3) is 37.3. The monoisotopic (exact) mass is 737 g/mol. The van der Waals surface area contributed by atoms with Crippen LogP contribution in [0.25, 0.3) is 0 Å². The van der Waals surface area contributed by atoms with Gasteiger partial charge in [-0.1, -0.05) is 151 Å². The Bertz CT molecular complexity index is 1010. The van der Waals surface area contributed by atoms with Crippen LogP contribution in [0.1, 0.15) is 155 Å². The fourth-order valence-corrected chi connectivity index (χ4v) is 5.98. The quantitative estimate of drug-likeness (QED) is 0.0210. The Morgan fingerprint density at radius 1 is 0.647 bits per heavy atom. The zero-order valence-electron chi connectivity index (χ0n) is 31.9. The molecule has 3 N–H and O–H groups in total. The molecule has 0 radical (unpaired) electrons. The molecule has 0 spiro atoms. The molecule has 294 valence electrons. The Balaban J connectivity index is 4.23. The molecule has 0 rings (SSSR count). The summed E-state index contributed by atoms with van der Waals surface area (Å²) < 4.78 is 32.7. The minimum absolute atomic E-state index is 0.0460. The lowest BCUT2D eigenvalue weighted by Crippen LogP contribution is -2.29. The van der Waals surface area contributed by atoms with Gasteiger partial charge in [-0.25, -0.2) is 4.57 Å². The van der Waals surface area contributed by atoms with Crippen molar-refractivity contribution in [3.63, 3.8) is 0 Å². The first-order chi connectivity index (χ1) is 24.8. The molecule has 0 aliphatic rings. The Morgan fingerprint density at radius 2 is 1.12 bits per heavy atom. The summed E-state index contributed by atoms with van der Waals surface area (Å²) in [7, 11) is -4.38. The average molecular weight is 738 g/mol. The van der Waals surface area contributed by atoms with Crippen molar-refractivity contribution >= 4 is 19.8 Å². The minimum atomic E-state index is -4.38. The summed E-state index contributed by atoms with van der Waals surface area (Å²) in [5.41, 5.74) is 5.33. The lowest BCUT2D eigenvalue weighted by molar-refractivity contribution is -0.161. The Morgan fingerprint density at radius 3 is 1.65 bits per heavy atom. The van der Waals surface area contributed by atoms with Crippen molar-refractivity contribution < 1.29 is 37.6 Å². The van der Waals surface area contributed by atoms with Gasteiger partial charge in [0.15, 0.2) is 6.10 Å². The van der Waals surface area contributed by atoms with Gasteiger partial charge >= 0.3 is 19.8 Å². The van der Waals surface area contributed by atoms with Gasteiger partial charge in [-0.2, -0.15) is 0 Å². The van der Waals surface area contributed by atoms with Gasteiger partial charge in [0.05, 0.1) is 13.2 Å². The molecule has 0 saturated carbocycles. The van der Waals surface area contributed by atoms with Crippen molar-refractivity contribution in [2.24, 2.45) is 5.73 Å². The second kappa shape index (κ2) is 37.5. The van der Waals surface area contributed by atoms with Gasteiger partial charge in [0.2, 0.25) is 0 Å². The summed E-state index contributed by atoms with van der Waals surface area (Å²) in [6.07, 6.45) is 41.4. The van der Waals surface area contributed by atoms with E-state index in [4.69, 9.17) is 24.3 Å². The molecule has 1 unspecified atom stereocenters. The molecule has 0 amide bonds. The first kappa shape index (κ1) is 48.7. The maximum atomic E-state index is 12.5. The molecule has 0 bridgehead atoms. The highest BCUT2D eigenvalue weighted by atomic mass is 31.2. The molecule has 10 heteroatoms. The van der Waals surface area contributed by atoms with Crippen LogP contribution in [0.4, 0.5) is 0 Å². The normalized spacial score (nSPS) is 13.8. The molecule has 0 aromatic carbocycles. The van der Waals surface area contributed by atoms with E-state index in [0.29, 0.717) is 6.42 Å². The van der Waals surface area contributed by atoms with Crippen molar-refractivity contribution in [3.8, 4) is 0 Å². The molecular formula is C41H72NO8P. The SMILES string of the molecule is C=CCCCCCCCCCCCCCCCC(=O)OC[C@H](COP(=O)(O)OCCN)OC(=O)CCCCCCC/C=C/C=C/C=C/C=C/CC. The molecule has 0 heterocycles. The van der Waals surface area contributed by atoms with E-state index in [1.54, 1.807) is 0 Å². The van der Waals surface area contributed by atoms with Gasteiger partial charge in [0.1, 0.15) is 6.61 Å². The molecule has 0 aromatic rings. The highest BCUT2D eigenvalue weighted by Crippen LogP contribution is 2.43. The summed E-state index contributed by atoms with van der Waals surface area (Å²) in [5.74, 6) is -0.863. The number of phosphoric acid groups is 1. The predicted octanol–water partition coefficient (Wildman–Crippen LogP) is 10.9. The van der Waals surface area contributed by atoms with E-state index in [9.17, 15) is 19.0 Å². The van der Waals surface area contributed by atoms with Gasteiger partial charge < -0.3 is 20.1 Å². The summed E-state index contributed by atoms with van der Waals surface area (Å²) >= 11 is 0. The van der Waals surface area contributed by atoms with Crippen molar-refractivity contribution in [3.05, 3.63) is 61.3 Å². The van der Waals surface area contributed by atoms with Gasteiger partial charge in [-0.15, -0.1) is 6.58 Å². The Hall–Kier alpha value is -2.29. The predicted molar refractivity (Wildman–Crippen MR) is 210 cm³/mol. The van der Waals surface area contributed by atoms with Crippen molar-refractivity contribution in [1.82, 2.24) is 0 Å². The smallest absolute Gasteiger partial charge is 0.462 e. The Kier molecular flexibility index (Phi) is 35.8. The van der Waals surface area contributed by atoms with E-state index < -0.39 is 32.5 Å². The minimum Gasteiger partial charge on any atom is -0.462 e. The van der Waals surface area contributed by atoms with Crippen molar-refractivity contribution in [2.75, 3.05) is 26.4 Å². The molecule has 2 atom stereocenters. The van der Waals surface area contributed by atoms with Crippen LogP contribution in [0.15, 0.2) is 61.3 Å². The van der Waals surface area contributed by atoms with E-state index in [1.165, 1.54) is 64.2 Å². The van der Waals surface area contributed by atoms with Crippen LogP contribution in [0.5, 0.6) is 0 Å². The van der Waals surface area contributed by atoms with Crippen LogP contribution >= 0.6 is 7.82 Å². The number of rotatable bonds is 37. The van der Waals surface area contributed by atoms with Gasteiger partial charge in [-0.3, -0.25) is 18.6 Å². The number of esters is 2. The maximum Gasteiger partial charge on any atom is 0.472 e. The van der Waals surface area contributed by atoms with Crippen LogP contribution in [0.3, 0.4) is 0 Å². The van der Waals surface area contributed by atoms with Crippen molar-refractivity contribution in [2.45, 2.75) is 161 Å². The topological polar surface area (TPSA) is 134 Å². The lowest BCUT2D eigenvalue weighted by atomic mass is 10.0. The molecule has 9 nitrogen and oxygen atoms in total. The zero-order chi connectivity index (χ0) is 37.5. The number of carbonyl (C=O) groups excluding carboxylic acids is 2. The lowest BCUT2D eigenvalue weighted by Gasteiger charge is -2.19. The van der Waals surface area contributed by atoms with Crippen LogP contribution < -0.4 is 5.73 Å². The molecule has 0 aliphatic heterocycles. The largest absolute Gasteiger partial charge is 0.472 e. The second-order valence-electron chi connectivity index (χ2n) is 12.9. The first-order valence-electron chi connectivity index (χ1n) is 19.8. The third-order valence-electron chi connectivity index (χ3n) is 8.13. The van der Waals surface area contributed by atoms with E-state index in [-0.39, 0.29) is 32.6 Å². The summed E-state index contributed by atoms with van der Waals surface area (Å²) in [6, 6.07) is 0. The highest BCUT2D eigenvalue weighted by Gasteiger charge is 2.25. The van der Waals surface area contributed by atoms with Gasteiger partial charge in [0.25, 0.3) is 0 Å². The summed E-state index contributed by atoms with van der Waals surface area (Å²) in [4.78, 5) is 34.8. The van der Waals surface area contributed by atoms with Crippen LogP contribution in [0, 0.1) is 0 Å². The molecule has 0 aliphatic carbocycles. The number of hydrogen-bond acceptors (Lipinski definition) is 8. The third-order valence-corrected chi connectivity index (χ3v) is 9.11. The number of hydrogen-bond donors (Lipinski definition) is 2. The summed E-state index contributed by atoms with van der Waals surface area (Å²) in [6.45, 7) is 5.06. The van der Waals surface area contributed by atoms with Crippen LogP contribution in [-0.2, 0) is 32.7 Å². The number of allylic oxidation sites excluding steroid dienone is 9. The number of unbranched alkanes of at least 4 members (excludes halogenated alkanes) is 18. The zero-order valence-corrected chi connectivity index (χ0v) is 32.8. The fraction of sp³-hybridized carbons (Fsp3) is 0.707. The Labute approximate surface area is 310 Å². The number of phosphoric ester groups is 1. The fourth-order valence-electron chi connectivity index (χ4n) is 5.21. The number of ether oxygens (including phenoxy) is 2. The second-order valence-corrected chi connectivity index (χ2v) is 14.4. The van der Waals surface area contributed by atoms with Crippen LogP contribution in [-0.4, -0.2) is 49.3 Å². The molecular weight excluding hydrogens is 665 g/mol. The molecule has 0 aromatic heterocycles. The maximum absolute atomic E-state index is 12.5. The first-order valence-corrected chi connectivity index (χ1v) is 21.3. The van der Waals surface area contributed by atoms with Crippen LogP contribution in [0.2, 0.25) is 0 Å². The summed E-state index contributed by atoms with van der Waals surface area (Å²) in [5, 5.41) is 0. The molecule has 0 fully saturated rings.